The summed E-state index contributed by atoms with van der Waals surface area (Å²) in [6.45, 7) is 4.15. The minimum absolute atomic E-state index is 0.0164. The summed E-state index contributed by atoms with van der Waals surface area (Å²) in [6, 6.07) is 6.22. The normalized spacial score (nSPS) is 13.6. The van der Waals surface area contributed by atoms with Crippen LogP contribution in [-0.4, -0.2) is 42.2 Å². The van der Waals surface area contributed by atoms with Crippen molar-refractivity contribution in [1.29, 1.82) is 0 Å². The van der Waals surface area contributed by atoms with Crippen molar-refractivity contribution in [2.24, 2.45) is 0 Å². The number of nitrogens with one attached hydrogen (secondary N) is 1. The molecular formula is C16H24N2O2. The Labute approximate surface area is 120 Å². The van der Waals surface area contributed by atoms with Crippen LogP contribution in [0.25, 0.3) is 0 Å². The number of carbonyl (C=O) groups is 1. The van der Waals surface area contributed by atoms with Gasteiger partial charge in [-0.1, -0.05) is 13.0 Å². The number of benzene rings is 1. The van der Waals surface area contributed by atoms with E-state index >= 15 is 0 Å². The van der Waals surface area contributed by atoms with E-state index in [-0.39, 0.29) is 12.5 Å². The van der Waals surface area contributed by atoms with Crippen LogP contribution in [0.15, 0.2) is 18.2 Å². The Hall–Kier alpha value is -1.39. The number of anilines is 1. The van der Waals surface area contributed by atoms with Gasteiger partial charge in [-0.15, -0.1) is 0 Å². The van der Waals surface area contributed by atoms with E-state index in [2.05, 4.69) is 17.4 Å². The van der Waals surface area contributed by atoms with Gasteiger partial charge in [0.1, 0.15) is 0 Å². The Balaban J connectivity index is 1.87. The molecule has 4 nitrogen and oxygen atoms in total. The molecule has 0 bridgehead atoms. The zero-order valence-electron chi connectivity index (χ0n) is 12.2. The number of carbonyl (C=O) groups excluding carboxylic acids is 1. The molecule has 0 spiro atoms. The molecule has 110 valence electrons. The van der Waals surface area contributed by atoms with Crippen molar-refractivity contribution < 1.29 is 9.90 Å². The van der Waals surface area contributed by atoms with Gasteiger partial charge in [-0.3, -0.25) is 9.69 Å². The van der Waals surface area contributed by atoms with Gasteiger partial charge in [0.05, 0.1) is 6.54 Å². The molecule has 0 saturated carbocycles. The van der Waals surface area contributed by atoms with E-state index in [4.69, 9.17) is 5.11 Å². The van der Waals surface area contributed by atoms with Crippen molar-refractivity contribution in [2.45, 2.75) is 32.6 Å². The second kappa shape index (κ2) is 7.41. The van der Waals surface area contributed by atoms with Crippen LogP contribution in [0.5, 0.6) is 0 Å². The zero-order valence-corrected chi connectivity index (χ0v) is 12.2. The van der Waals surface area contributed by atoms with Crippen LogP contribution in [0.3, 0.4) is 0 Å². The fourth-order valence-corrected chi connectivity index (χ4v) is 2.70. The predicted octanol–water partition coefficient (Wildman–Crippen LogP) is 1.82. The van der Waals surface area contributed by atoms with E-state index in [9.17, 15) is 4.79 Å². The number of amides is 1. The molecule has 1 aromatic carbocycles. The van der Waals surface area contributed by atoms with Crippen LogP contribution in [0, 0.1) is 0 Å². The van der Waals surface area contributed by atoms with Crippen molar-refractivity contribution in [2.75, 3.05) is 31.6 Å². The molecule has 20 heavy (non-hydrogen) atoms. The number of hydrogen-bond acceptors (Lipinski definition) is 3. The molecule has 4 heteroatoms. The molecule has 0 aromatic heterocycles. The number of nitrogens with zero attached hydrogens (tertiary/aromatic N) is 1. The first-order valence-electron chi connectivity index (χ1n) is 7.47. The van der Waals surface area contributed by atoms with Gasteiger partial charge in [-0.25, -0.2) is 0 Å². The van der Waals surface area contributed by atoms with Gasteiger partial charge in [0.15, 0.2) is 0 Å². The maximum Gasteiger partial charge on any atom is 0.238 e. The second-order valence-corrected chi connectivity index (χ2v) is 5.33. The standard InChI is InChI=1S/C16H24N2O2/c1-2-18(9-4-10-19)12-16(20)17-15-8-7-13-5-3-6-14(13)11-15/h7-8,11,19H,2-6,9-10,12H2,1H3,(H,17,20). The number of hydrogen-bond donors (Lipinski definition) is 2. The van der Waals surface area contributed by atoms with Crippen molar-refractivity contribution in [1.82, 2.24) is 4.90 Å². The molecule has 2 N–H and O–H groups in total. The van der Waals surface area contributed by atoms with Gasteiger partial charge in [0, 0.05) is 18.8 Å². The molecule has 0 atom stereocenters. The van der Waals surface area contributed by atoms with E-state index < -0.39 is 0 Å². The van der Waals surface area contributed by atoms with Crippen molar-refractivity contribution in [3.8, 4) is 0 Å². The SMILES string of the molecule is CCN(CCCO)CC(=O)Nc1ccc2c(c1)CCC2. The van der Waals surface area contributed by atoms with Crippen LogP contribution in [0.2, 0.25) is 0 Å². The summed E-state index contributed by atoms with van der Waals surface area (Å²) < 4.78 is 0. The average molecular weight is 276 g/mol. The van der Waals surface area contributed by atoms with Crippen LogP contribution in [-0.2, 0) is 17.6 Å². The van der Waals surface area contributed by atoms with Crippen LogP contribution in [0.1, 0.15) is 30.9 Å². The average Bonchev–Trinajstić information content (AvgIpc) is 2.90. The minimum Gasteiger partial charge on any atom is -0.396 e. The molecule has 0 heterocycles. The number of likely N-dealkylation sites (N-methyl/N-ethyl adjacent to an activating group) is 1. The van der Waals surface area contributed by atoms with E-state index in [1.165, 1.54) is 17.5 Å². The maximum absolute atomic E-state index is 12.0. The fourth-order valence-electron chi connectivity index (χ4n) is 2.70. The molecule has 1 aliphatic carbocycles. The minimum atomic E-state index is 0.0164. The summed E-state index contributed by atoms with van der Waals surface area (Å²) in [5, 5.41) is 11.8. The molecular weight excluding hydrogens is 252 g/mol. The first-order valence-corrected chi connectivity index (χ1v) is 7.47. The number of aryl methyl sites for hydroxylation is 2. The molecule has 0 fully saturated rings. The molecule has 1 aromatic rings. The van der Waals surface area contributed by atoms with Gasteiger partial charge in [-0.05, 0) is 55.5 Å². The quantitative estimate of drug-likeness (QED) is 0.798. The number of rotatable bonds is 7. The summed E-state index contributed by atoms with van der Waals surface area (Å²) in [7, 11) is 0. The Kier molecular flexibility index (Phi) is 5.56. The van der Waals surface area contributed by atoms with E-state index in [0.717, 1.165) is 31.6 Å². The molecule has 1 aliphatic rings. The van der Waals surface area contributed by atoms with Crippen molar-refractivity contribution >= 4 is 11.6 Å². The number of aliphatic hydroxyl groups excluding tert-OH is 1. The summed E-state index contributed by atoms with van der Waals surface area (Å²) in [5.74, 6) is 0.0164. The van der Waals surface area contributed by atoms with E-state index in [1.807, 2.05) is 17.9 Å². The highest BCUT2D eigenvalue weighted by atomic mass is 16.3. The highest BCUT2D eigenvalue weighted by Gasteiger charge is 2.13. The highest BCUT2D eigenvalue weighted by Crippen LogP contribution is 2.24. The van der Waals surface area contributed by atoms with Crippen molar-refractivity contribution in [3.05, 3.63) is 29.3 Å². The fraction of sp³-hybridized carbons (Fsp3) is 0.562. The lowest BCUT2D eigenvalue weighted by molar-refractivity contribution is -0.117. The largest absolute Gasteiger partial charge is 0.396 e. The Morgan fingerprint density at radius 3 is 2.90 bits per heavy atom. The topological polar surface area (TPSA) is 52.6 Å². The van der Waals surface area contributed by atoms with Gasteiger partial charge < -0.3 is 10.4 Å². The van der Waals surface area contributed by atoms with Crippen LogP contribution in [0.4, 0.5) is 5.69 Å². The van der Waals surface area contributed by atoms with E-state index in [0.29, 0.717) is 13.0 Å². The Bertz CT molecular complexity index is 460. The summed E-state index contributed by atoms with van der Waals surface area (Å²) in [4.78, 5) is 14.1. The third-order valence-electron chi connectivity index (χ3n) is 3.83. The van der Waals surface area contributed by atoms with Crippen molar-refractivity contribution in [3.63, 3.8) is 0 Å². The second-order valence-electron chi connectivity index (χ2n) is 5.33. The number of aliphatic hydroxyl groups is 1. The molecule has 0 radical (unpaired) electrons. The lowest BCUT2D eigenvalue weighted by Gasteiger charge is -2.19. The van der Waals surface area contributed by atoms with Gasteiger partial charge >= 0.3 is 0 Å². The third kappa shape index (κ3) is 4.05. The Morgan fingerprint density at radius 1 is 1.35 bits per heavy atom. The molecule has 1 amide bonds. The van der Waals surface area contributed by atoms with Gasteiger partial charge in [0.25, 0.3) is 0 Å². The molecule has 2 rings (SSSR count). The predicted molar refractivity (Wildman–Crippen MR) is 80.9 cm³/mol. The smallest absolute Gasteiger partial charge is 0.238 e. The van der Waals surface area contributed by atoms with E-state index in [1.54, 1.807) is 0 Å². The first kappa shape index (κ1) is 15.0. The van der Waals surface area contributed by atoms with Crippen LogP contribution < -0.4 is 5.32 Å². The zero-order chi connectivity index (χ0) is 14.4. The summed E-state index contributed by atoms with van der Waals surface area (Å²) in [5.41, 5.74) is 3.69. The lowest BCUT2D eigenvalue weighted by atomic mass is 10.1. The molecule has 0 unspecified atom stereocenters. The Morgan fingerprint density at radius 2 is 2.15 bits per heavy atom. The van der Waals surface area contributed by atoms with Gasteiger partial charge in [0.2, 0.25) is 5.91 Å². The highest BCUT2D eigenvalue weighted by molar-refractivity contribution is 5.92. The summed E-state index contributed by atoms with van der Waals surface area (Å²) in [6.07, 6.45) is 4.21. The maximum atomic E-state index is 12.0. The first-order chi connectivity index (χ1) is 9.72. The molecule has 0 saturated heterocycles. The number of fused-ring (bicyclic) bond motifs is 1. The summed E-state index contributed by atoms with van der Waals surface area (Å²) >= 11 is 0. The third-order valence-corrected chi connectivity index (χ3v) is 3.83. The molecule has 0 aliphatic heterocycles. The lowest BCUT2D eigenvalue weighted by Crippen LogP contribution is -2.34. The van der Waals surface area contributed by atoms with Crippen LogP contribution >= 0.6 is 0 Å². The van der Waals surface area contributed by atoms with Gasteiger partial charge in [-0.2, -0.15) is 0 Å². The monoisotopic (exact) mass is 276 g/mol.